The van der Waals surface area contributed by atoms with Crippen LogP contribution in [0, 0.1) is 0 Å². The first kappa shape index (κ1) is 51.0. The van der Waals surface area contributed by atoms with Crippen LogP contribution in [0.3, 0.4) is 0 Å². The van der Waals surface area contributed by atoms with Crippen molar-refractivity contribution in [3.8, 4) is 0 Å². The Morgan fingerprint density at radius 1 is 0.273 bits per heavy atom. The van der Waals surface area contributed by atoms with Gasteiger partial charge in [0.1, 0.15) is 52.9 Å². The van der Waals surface area contributed by atoms with Gasteiger partial charge in [-0.15, -0.1) is 0 Å². The van der Waals surface area contributed by atoms with E-state index >= 15 is 0 Å². The Bertz CT molecular complexity index is 676. The molecule has 0 aromatic rings. The van der Waals surface area contributed by atoms with Gasteiger partial charge in [0.05, 0.1) is 0 Å². The third kappa shape index (κ3) is 36.6. The Hall–Kier alpha value is 0.158. The van der Waals surface area contributed by atoms with E-state index in [1.54, 1.807) is 0 Å². The zero-order chi connectivity index (χ0) is 34.8. The van der Waals surface area contributed by atoms with Gasteiger partial charge in [0.15, 0.2) is 0 Å². The zero-order valence-corrected chi connectivity index (χ0v) is 30.2. The molecule has 0 aromatic heterocycles. The molecule has 0 bridgehead atoms. The number of ether oxygens (including phenoxy) is 8. The molecule has 1 aliphatic rings. The van der Waals surface area contributed by atoms with Gasteiger partial charge in [-0.3, -0.25) is 0 Å². The molecule has 0 N–H and O–H groups in total. The summed E-state index contributed by atoms with van der Waals surface area (Å²) in [6, 6.07) is 0. The molecule has 0 aromatic carbocycles. The first-order valence-corrected chi connectivity index (χ1v) is 19.9. The van der Waals surface area contributed by atoms with Crippen molar-refractivity contribution in [3.63, 3.8) is 0 Å². The quantitative estimate of drug-likeness (QED) is 0.147. The van der Waals surface area contributed by atoms with Gasteiger partial charge in [-0.2, -0.15) is 0 Å². The van der Waals surface area contributed by atoms with E-state index in [2.05, 4.69) is 119 Å². The van der Waals surface area contributed by atoms with Crippen molar-refractivity contribution in [1.82, 2.24) is 0 Å². The van der Waals surface area contributed by atoms with Gasteiger partial charge < -0.3 is 37.9 Å². The van der Waals surface area contributed by atoms with Crippen molar-refractivity contribution in [3.05, 3.63) is 0 Å². The van der Waals surface area contributed by atoms with Gasteiger partial charge in [0.2, 0.25) is 0 Å². The molecule has 1 heterocycles. The molecule has 28 heteroatoms. The van der Waals surface area contributed by atoms with Gasteiger partial charge in [-0.1, -0.05) is 0 Å². The summed E-state index contributed by atoms with van der Waals surface area (Å²) in [5.41, 5.74) is 0. The summed E-state index contributed by atoms with van der Waals surface area (Å²) in [6.45, 7) is -4.94. The van der Waals surface area contributed by atoms with Crippen molar-refractivity contribution in [2.75, 3.05) is 52.9 Å². The summed E-state index contributed by atoms with van der Waals surface area (Å²) in [5, 5.41) is 0. The molecule has 44 heavy (non-hydrogen) atoms. The molecule has 1 fully saturated rings. The molecule has 1 rings (SSSR count). The standard InChI is InChI=1S/C16H16O16.8ClH.4Cu/c17-9-10(18)27-3-4-29-13(21)14(22)31-7-8-32-16(24)15(23)30-6-5-28-12(20)11(19)26-2-1-25-9;;;;;;;;;;;;/h1-8H2;8*1H;;;;/q;;;;;;;;;4*+2/p-8. The van der Waals surface area contributed by atoms with E-state index in [-0.39, 0.29) is 0 Å². The predicted molar refractivity (Wildman–Crippen MR) is 134 cm³/mol. The fraction of sp³-hybridized carbons (Fsp3) is 0.500. The Morgan fingerprint density at radius 2 is 0.341 bits per heavy atom. The van der Waals surface area contributed by atoms with E-state index in [0.29, 0.717) is 0 Å². The molecule has 0 atom stereocenters. The SMILES string of the molecule is O=C1OCCOC(=O)C(=O)OCCOC(=O)C(=O)OCCOC(=O)C(=O)OCCOC1=O.[Cl][Cu][Cl].[Cl][Cu][Cl].[Cl][Cu][Cl].[Cl][Cu][Cl]. The van der Waals surface area contributed by atoms with Crippen LogP contribution in [0.4, 0.5) is 0 Å². The summed E-state index contributed by atoms with van der Waals surface area (Å²) >= 11 is 3.03. The fourth-order valence-corrected chi connectivity index (χ4v) is 1.55. The van der Waals surface area contributed by atoms with E-state index < -0.39 is 101 Å². The molecule has 0 unspecified atom stereocenters. The third-order valence-corrected chi connectivity index (χ3v) is 2.87. The van der Waals surface area contributed by atoms with E-state index in [4.69, 9.17) is 0 Å². The molecule has 1 aliphatic heterocycles. The van der Waals surface area contributed by atoms with Crippen LogP contribution in [0.15, 0.2) is 0 Å². The molecular weight excluding hydrogens is 986 g/mol. The number of halogens is 8. The number of esters is 8. The average molecular weight is 1000 g/mol. The van der Waals surface area contributed by atoms with Crippen LogP contribution in [-0.2, 0) is 129 Å². The molecule has 0 aliphatic carbocycles. The van der Waals surface area contributed by atoms with Crippen LogP contribution in [0.2, 0.25) is 0 Å². The first-order chi connectivity index (χ1) is 20.9. The van der Waals surface area contributed by atoms with E-state index in [1.807, 2.05) is 0 Å². The summed E-state index contributed by atoms with van der Waals surface area (Å²) in [5.74, 6) is -11.8. The molecule has 0 spiro atoms. The van der Waals surface area contributed by atoms with E-state index in [9.17, 15) is 38.4 Å². The van der Waals surface area contributed by atoms with Crippen molar-refractivity contribution in [2.45, 2.75) is 0 Å². The van der Waals surface area contributed by atoms with Gasteiger partial charge >= 0.3 is 181 Å². The first-order valence-electron chi connectivity index (χ1n) is 9.49. The van der Waals surface area contributed by atoms with Crippen LogP contribution in [-0.4, -0.2) is 101 Å². The Balaban J connectivity index is -0.000000572. The Kier molecular flexibility index (Phi) is 45.6. The van der Waals surface area contributed by atoms with Crippen LogP contribution in [0.1, 0.15) is 0 Å². The number of carbonyl (C=O) groups excluding carboxylic acids is 8. The van der Waals surface area contributed by atoms with Crippen molar-refractivity contribution >= 4 is 129 Å². The molecule has 0 radical (unpaired) electrons. The third-order valence-electron chi connectivity index (χ3n) is 2.87. The molecule has 0 saturated carbocycles. The normalized spacial score (nSPS) is 16.2. The average Bonchev–Trinajstić information content (AvgIpc) is 2.98. The number of carbonyl (C=O) groups is 8. The van der Waals surface area contributed by atoms with E-state index in [0.717, 1.165) is 52.5 Å². The number of cyclic esters (lactones) is 8. The summed E-state index contributed by atoms with van der Waals surface area (Å²) in [4.78, 5) is 90.8. The molecule has 276 valence electrons. The van der Waals surface area contributed by atoms with E-state index in [1.165, 1.54) is 0 Å². The fourth-order valence-electron chi connectivity index (χ4n) is 1.55. The van der Waals surface area contributed by atoms with Crippen molar-refractivity contribution in [2.24, 2.45) is 0 Å². The second-order valence-corrected chi connectivity index (χ2v) is 11.5. The molecule has 16 nitrogen and oxygen atoms in total. The number of hydrogen-bond acceptors (Lipinski definition) is 16. The van der Waals surface area contributed by atoms with Gasteiger partial charge in [-0.25, -0.2) is 38.4 Å². The number of hydrogen-bond donors (Lipinski definition) is 0. The summed E-state index contributed by atoms with van der Waals surface area (Å²) in [6.07, 6.45) is 0. The predicted octanol–water partition coefficient (Wildman–Crippen LogP) is 1.85. The summed E-state index contributed by atoms with van der Waals surface area (Å²) < 4.78 is 35.3. The van der Waals surface area contributed by atoms with Crippen LogP contribution < -0.4 is 0 Å². The molecule has 1 saturated heterocycles. The van der Waals surface area contributed by atoms with Crippen LogP contribution >= 0.6 is 80.8 Å². The van der Waals surface area contributed by atoms with Crippen LogP contribution in [0.5, 0.6) is 0 Å². The molecular formula is C16H16Cl8Cu4O16. The Morgan fingerprint density at radius 3 is 0.409 bits per heavy atom. The molecule has 0 amide bonds. The topological polar surface area (TPSA) is 210 Å². The summed E-state index contributed by atoms with van der Waals surface area (Å²) in [7, 11) is 37.4. The second kappa shape index (κ2) is 39.3. The van der Waals surface area contributed by atoms with Gasteiger partial charge in [-0.05, 0) is 0 Å². The van der Waals surface area contributed by atoms with Crippen LogP contribution in [0.25, 0.3) is 0 Å². The monoisotopic (exact) mass is 996 g/mol. The minimum absolute atomic E-state index is 0.618. The maximum atomic E-state index is 11.3. The van der Waals surface area contributed by atoms with Gasteiger partial charge in [0.25, 0.3) is 0 Å². The zero-order valence-electron chi connectivity index (χ0n) is 20.4. The maximum absolute atomic E-state index is 11.3. The Labute approximate surface area is 307 Å². The second-order valence-electron chi connectivity index (χ2n) is 5.26. The van der Waals surface area contributed by atoms with Crippen molar-refractivity contribution < 1.29 is 129 Å². The van der Waals surface area contributed by atoms with Gasteiger partial charge in [0, 0.05) is 0 Å². The minimum atomic E-state index is -1.47. The van der Waals surface area contributed by atoms with Crippen molar-refractivity contribution in [1.29, 1.82) is 0 Å². The number of rotatable bonds is 0.